The monoisotopic (exact) mass is 442 g/mol. The van der Waals surface area contributed by atoms with Crippen LogP contribution in [0.1, 0.15) is 37.8 Å². The number of benzene rings is 2. The van der Waals surface area contributed by atoms with E-state index in [4.69, 9.17) is 14.2 Å². The van der Waals surface area contributed by atoms with Crippen molar-refractivity contribution in [3.05, 3.63) is 53.6 Å². The molecular weight excluding hydrogens is 408 g/mol. The van der Waals surface area contributed by atoms with Crippen LogP contribution in [0.15, 0.2) is 42.5 Å². The highest BCUT2D eigenvalue weighted by Crippen LogP contribution is 2.28. The van der Waals surface area contributed by atoms with E-state index in [-0.39, 0.29) is 18.2 Å². The SMILES string of the molecule is CCCNC(=O)[C@@H](C)N(Cc1cccc(OC)c1)C(=O)CCc1ccc(OC)c(OC)c1. The Hall–Kier alpha value is -3.22. The molecule has 0 heterocycles. The normalized spacial score (nSPS) is 11.4. The molecule has 0 aromatic heterocycles. The average molecular weight is 443 g/mol. The molecule has 7 nitrogen and oxygen atoms in total. The van der Waals surface area contributed by atoms with Crippen molar-refractivity contribution in [3.8, 4) is 17.2 Å². The molecule has 0 aliphatic carbocycles. The van der Waals surface area contributed by atoms with Gasteiger partial charge in [-0.15, -0.1) is 0 Å². The zero-order valence-corrected chi connectivity index (χ0v) is 19.6. The highest BCUT2D eigenvalue weighted by molar-refractivity contribution is 5.87. The van der Waals surface area contributed by atoms with Crippen molar-refractivity contribution in [2.45, 2.75) is 45.7 Å². The Morgan fingerprint density at radius 1 is 0.969 bits per heavy atom. The molecule has 0 aliphatic rings. The first-order valence-electron chi connectivity index (χ1n) is 10.8. The molecular formula is C25H34N2O5. The molecule has 7 heteroatoms. The van der Waals surface area contributed by atoms with Gasteiger partial charge in [-0.2, -0.15) is 0 Å². The predicted molar refractivity (Wildman–Crippen MR) is 124 cm³/mol. The van der Waals surface area contributed by atoms with Crippen LogP contribution in [0.2, 0.25) is 0 Å². The summed E-state index contributed by atoms with van der Waals surface area (Å²) >= 11 is 0. The lowest BCUT2D eigenvalue weighted by atomic mass is 10.1. The molecule has 2 aromatic rings. The van der Waals surface area contributed by atoms with Gasteiger partial charge < -0.3 is 24.4 Å². The number of carbonyl (C=O) groups excluding carboxylic acids is 2. The number of methoxy groups -OCH3 is 3. The van der Waals surface area contributed by atoms with E-state index in [9.17, 15) is 9.59 Å². The zero-order valence-electron chi connectivity index (χ0n) is 19.6. The number of carbonyl (C=O) groups is 2. The first kappa shape index (κ1) is 25.0. The Kier molecular flexibility index (Phi) is 9.85. The zero-order chi connectivity index (χ0) is 23.5. The summed E-state index contributed by atoms with van der Waals surface area (Å²) in [5.41, 5.74) is 1.86. The minimum atomic E-state index is -0.592. The standard InChI is InChI=1S/C25H34N2O5/c1-6-14-26-25(29)18(2)27(17-20-8-7-9-21(15-20)30-3)24(28)13-11-19-10-12-22(31-4)23(16-19)32-5/h7-10,12,15-16,18H,6,11,13-14,17H2,1-5H3,(H,26,29)/t18-/m1/s1. The number of aryl methyl sites for hydroxylation is 1. The molecule has 2 aromatic carbocycles. The van der Waals surface area contributed by atoms with Gasteiger partial charge in [0, 0.05) is 19.5 Å². The second kappa shape index (κ2) is 12.6. The van der Waals surface area contributed by atoms with E-state index in [1.165, 1.54) is 0 Å². The summed E-state index contributed by atoms with van der Waals surface area (Å²) in [5.74, 6) is 1.72. The maximum atomic E-state index is 13.2. The summed E-state index contributed by atoms with van der Waals surface area (Å²) in [6.45, 7) is 4.66. The average Bonchev–Trinajstić information content (AvgIpc) is 2.83. The third kappa shape index (κ3) is 6.90. The van der Waals surface area contributed by atoms with Gasteiger partial charge in [-0.05, 0) is 55.2 Å². The van der Waals surface area contributed by atoms with E-state index >= 15 is 0 Å². The van der Waals surface area contributed by atoms with E-state index < -0.39 is 6.04 Å². The molecule has 0 aliphatic heterocycles. The van der Waals surface area contributed by atoms with Crippen LogP contribution < -0.4 is 19.5 Å². The molecule has 0 spiro atoms. The van der Waals surface area contributed by atoms with Gasteiger partial charge in [0.25, 0.3) is 0 Å². The molecule has 32 heavy (non-hydrogen) atoms. The fourth-order valence-electron chi connectivity index (χ4n) is 3.38. The van der Waals surface area contributed by atoms with Crippen LogP contribution in [0.25, 0.3) is 0 Å². The quantitative estimate of drug-likeness (QED) is 0.544. The van der Waals surface area contributed by atoms with Gasteiger partial charge >= 0.3 is 0 Å². The van der Waals surface area contributed by atoms with Gasteiger partial charge in [-0.3, -0.25) is 9.59 Å². The van der Waals surface area contributed by atoms with E-state index in [0.717, 1.165) is 17.5 Å². The lowest BCUT2D eigenvalue weighted by molar-refractivity contribution is -0.140. The van der Waals surface area contributed by atoms with E-state index in [2.05, 4.69) is 5.32 Å². The molecule has 1 atom stereocenters. The predicted octanol–water partition coefficient (Wildman–Crippen LogP) is 3.59. The lowest BCUT2D eigenvalue weighted by Crippen LogP contribution is -2.47. The molecule has 0 unspecified atom stereocenters. The summed E-state index contributed by atoms with van der Waals surface area (Å²) < 4.78 is 15.9. The van der Waals surface area contributed by atoms with Crippen LogP contribution in [0.5, 0.6) is 17.2 Å². The maximum Gasteiger partial charge on any atom is 0.242 e. The van der Waals surface area contributed by atoms with E-state index in [1.807, 2.05) is 49.4 Å². The number of hydrogen-bond acceptors (Lipinski definition) is 5. The van der Waals surface area contributed by atoms with Gasteiger partial charge in [-0.25, -0.2) is 0 Å². The fraction of sp³-hybridized carbons (Fsp3) is 0.440. The summed E-state index contributed by atoms with van der Waals surface area (Å²) in [5, 5.41) is 2.89. The second-order valence-electron chi connectivity index (χ2n) is 7.53. The van der Waals surface area contributed by atoms with Gasteiger partial charge in [-0.1, -0.05) is 25.1 Å². The van der Waals surface area contributed by atoms with Crippen LogP contribution in [0, 0.1) is 0 Å². The van der Waals surface area contributed by atoms with Crippen molar-refractivity contribution in [2.24, 2.45) is 0 Å². The van der Waals surface area contributed by atoms with Crippen LogP contribution in [0.4, 0.5) is 0 Å². The van der Waals surface area contributed by atoms with E-state index in [0.29, 0.717) is 36.8 Å². The Morgan fingerprint density at radius 3 is 2.38 bits per heavy atom. The van der Waals surface area contributed by atoms with Crippen LogP contribution in [-0.2, 0) is 22.6 Å². The summed E-state index contributed by atoms with van der Waals surface area (Å²) in [7, 11) is 4.77. The summed E-state index contributed by atoms with van der Waals surface area (Å²) in [4.78, 5) is 27.5. The minimum absolute atomic E-state index is 0.0956. The van der Waals surface area contributed by atoms with Gasteiger partial charge in [0.1, 0.15) is 11.8 Å². The number of rotatable bonds is 12. The van der Waals surface area contributed by atoms with Crippen molar-refractivity contribution in [3.63, 3.8) is 0 Å². The Morgan fingerprint density at radius 2 is 1.72 bits per heavy atom. The van der Waals surface area contributed by atoms with Crippen molar-refractivity contribution >= 4 is 11.8 Å². The number of ether oxygens (including phenoxy) is 3. The molecule has 0 saturated carbocycles. The van der Waals surface area contributed by atoms with Crippen molar-refractivity contribution in [2.75, 3.05) is 27.9 Å². The Bertz CT molecular complexity index is 900. The number of nitrogens with one attached hydrogen (secondary N) is 1. The first-order chi connectivity index (χ1) is 15.4. The second-order valence-corrected chi connectivity index (χ2v) is 7.53. The third-order valence-corrected chi connectivity index (χ3v) is 5.28. The highest BCUT2D eigenvalue weighted by atomic mass is 16.5. The molecule has 174 valence electrons. The summed E-state index contributed by atoms with van der Waals surface area (Å²) in [6, 6.07) is 12.6. The molecule has 1 N–H and O–H groups in total. The van der Waals surface area contributed by atoms with Crippen LogP contribution in [0.3, 0.4) is 0 Å². The van der Waals surface area contributed by atoms with Crippen LogP contribution in [-0.4, -0.2) is 50.6 Å². The molecule has 0 radical (unpaired) electrons. The highest BCUT2D eigenvalue weighted by Gasteiger charge is 2.26. The third-order valence-electron chi connectivity index (χ3n) is 5.28. The van der Waals surface area contributed by atoms with Crippen molar-refractivity contribution in [1.82, 2.24) is 10.2 Å². The number of nitrogens with zero attached hydrogens (tertiary/aromatic N) is 1. The van der Waals surface area contributed by atoms with Crippen molar-refractivity contribution < 1.29 is 23.8 Å². The smallest absolute Gasteiger partial charge is 0.242 e. The maximum absolute atomic E-state index is 13.2. The number of hydrogen-bond donors (Lipinski definition) is 1. The molecule has 0 saturated heterocycles. The fourth-order valence-corrected chi connectivity index (χ4v) is 3.38. The topological polar surface area (TPSA) is 77.1 Å². The molecule has 0 bridgehead atoms. The van der Waals surface area contributed by atoms with E-state index in [1.54, 1.807) is 33.2 Å². The lowest BCUT2D eigenvalue weighted by Gasteiger charge is -2.29. The minimum Gasteiger partial charge on any atom is -0.497 e. The number of amides is 2. The van der Waals surface area contributed by atoms with Crippen molar-refractivity contribution in [1.29, 1.82) is 0 Å². The largest absolute Gasteiger partial charge is 0.497 e. The molecule has 2 amide bonds. The first-order valence-corrected chi connectivity index (χ1v) is 10.8. The Balaban J connectivity index is 2.17. The van der Waals surface area contributed by atoms with Gasteiger partial charge in [0.05, 0.1) is 21.3 Å². The molecule has 0 fully saturated rings. The molecule has 2 rings (SSSR count). The van der Waals surface area contributed by atoms with Gasteiger partial charge in [0.2, 0.25) is 11.8 Å². The Labute approximate surface area is 190 Å². The summed E-state index contributed by atoms with van der Waals surface area (Å²) in [6.07, 6.45) is 1.63. The van der Waals surface area contributed by atoms with Gasteiger partial charge in [0.15, 0.2) is 11.5 Å². The van der Waals surface area contributed by atoms with Crippen LogP contribution >= 0.6 is 0 Å².